The van der Waals surface area contributed by atoms with E-state index in [1.54, 1.807) is 23.5 Å². The third-order valence-corrected chi connectivity index (χ3v) is 5.60. The lowest BCUT2D eigenvalue weighted by atomic mass is 9.96. The summed E-state index contributed by atoms with van der Waals surface area (Å²) in [5.41, 5.74) is 1.97. The number of thiophene rings is 1. The van der Waals surface area contributed by atoms with E-state index in [4.69, 9.17) is 4.42 Å². The van der Waals surface area contributed by atoms with Crippen LogP contribution in [0.4, 0.5) is 13.8 Å². The molecule has 3 nitrogen and oxygen atoms in total. The lowest BCUT2D eigenvalue weighted by Crippen LogP contribution is -1.99. The van der Waals surface area contributed by atoms with Gasteiger partial charge in [-0.05, 0) is 55.5 Å². The van der Waals surface area contributed by atoms with E-state index in [-0.39, 0.29) is 5.56 Å². The highest BCUT2D eigenvalue weighted by Crippen LogP contribution is 2.39. The summed E-state index contributed by atoms with van der Waals surface area (Å²) in [6.45, 7) is 0. The Hall–Kier alpha value is -2.78. The van der Waals surface area contributed by atoms with E-state index in [2.05, 4.69) is 11.1 Å². The zero-order valence-electron chi connectivity index (χ0n) is 13.8. The topological polar surface area (TPSA) is 49.3 Å². The molecule has 0 aliphatic heterocycles. The average Bonchev–Trinajstić information content (AvgIpc) is 3.23. The Balaban J connectivity index is 1.62. The quantitative estimate of drug-likeness (QED) is 0.550. The van der Waals surface area contributed by atoms with Crippen LogP contribution in [0.5, 0.6) is 0 Å². The van der Waals surface area contributed by atoms with Gasteiger partial charge in [-0.2, -0.15) is 5.26 Å². The standard InChI is InChI=1S/C20H14F2N2OS/c21-12-5-7-15(17(22)9-12)18-8-6-13(25-18)11-24-20-16(10-23)14-3-1-2-4-19(14)26-20/h5-9,11H,1-4H2. The van der Waals surface area contributed by atoms with Crippen LogP contribution in [-0.2, 0) is 12.8 Å². The highest BCUT2D eigenvalue weighted by atomic mass is 32.1. The first kappa shape index (κ1) is 16.7. The molecule has 1 aliphatic carbocycles. The van der Waals surface area contributed by atoms with Gasteiger partial charge in [0.05, 0.1) is 17.3 Å². The van der Waals surface area contributed by atoms with Crippen LogP contribution in [0.15, 0.2) is 39.7 Å². The molecule has 0 radical (unpaired) electrons. The predicted octanol–water partition coefficient (Wildman–Crippen LogP) is 5.79. The second kappa shape index (κ2) is 6.85. The maximum absolute atomic E-state index is 13.9. The third-order valence-electron chi connectivity index (χ3n) is 4.40. The highest BCUT2D eigenvalue weighted by Gasteiger charge is 2.20. The number of aryl methyl sites for hydroxylation is 1. The monoisotopic (exact) mass is 368 g/mol. The molecule has 0 spiro atoms. The molecule has 2 aromatic heterocycles. The molecule has 0 saturated carbocycles. The van der Waals surface area contributed by atoms with Crippen molar-refractivity contribution in [2.75, 3.05) is 0 Å². The summed E-state index contributed by atoms with van der Waals surface area (Å²) in [7, 11) is 0. The summed E-state index contributed by atoms with van der Waals surface area (Å²) >= 11 is 1.55. The van der Waals surface area contributed by atoms with Crippen LogP contribution >= 0.6 is 11.3 Å². The van der Waals surface area contributed by atoms with Crippen LogP contribution < -0.4 is 0 Å². The van der Waals surface area contributed by atoms with Crippen molar-refractivity contribution in [2.45, 2.75) is 25.7 Å². The van der Waals surface area contributed by atoms with Gasteiger partial charge in [-0.15, -0.1) is 11.3 Å². The van der Waals surface area contributed by atoms with Crippen LogP contribution in [0.1, 0.15) is 34.6 Å². The predicted molar refractivity (Wildman–Crippen MR) is 97.0 cm³/mol. The second-order valence-corrected chi connectivity index (χ2v) is 7.17. The maximum atomic E-state index is 13.9. The fourth-order valence-electron chi connectivity index (χ4n) is 3.14. The van der Waals surface area contributed by atoms with Crippen LogP contribution in [0.3, 0.4) is 0 Å². The van der Waals surface area contributed by atoms with Crippen LogP contribution in [0.2, 0.25) is 0 Å². The molecule has 0 unspecified atom stereocenters. The van der Waals surface area contributed by atoms with Gasteiger partial charge < -0.3 is 4.42 Å². The van der Waals surface area contributed by atoms with Crippen LogP contribution in [0.25, 0.3) is 11.3 Å². The van der Waals surface area contributed by atoms with Crippen molar-refractivity contribution in [3.63, 3.8) is 0 Å². The first-order valence-corrected chi connectivity index (χ1v) is 9.11. The summed E-state index contributed by atoms with van der Waals surface area (Å²) in [6.07, 6.45) is 5.71. The molecule has 0 fully saturated rings. The van der Waals surface area contributed by atoms with E-state index in [1.807, 2.05) is 0 Å². The average molecular weight is 368 g/mol. The SMILES string of the molecule is N#Cc1c(N=Cc2ccc(-c3ccc(F)cc3F)o2)sc2c1CCCC2. The van der Waals surface area contributed by atoms with Gasteiger partial charge in [0.2, 0.25) is 0 Å². The van der Waals surface area contributed by atoms with Crippen LogP contribution in [-0.4, -0.2) is 6.21 Å². The van der Waals surface area contributed by atoms with Gasteiger partial charge in [0.1, 0.15) is 34.2 Å². The molecule has 0 amide bonds. The van der Waals surface area contributed by atoms with Gasteiger partial charge in [0.25, 0.3) is 0 Å². The number of nitrogens with zero attached hydrogens (tertiary/aromatic N) is 2. The highest BCUT2D eigenvalue weighted by molar-refractivity contribution is 7.16. The molecule has 0 atom stereocenters. The largest absolute Gasteiger partial charge is 0.455 e. The van der Waals surface area contributed by atoms with Crippen molar-refractivity contribution in [3.05, 3.63) is 63.7 Å². The summed E-state index contributed by atoms with van der Waals surface area (Å²) in [6, 6.07) is 8.89. The van der Waals surface area contributed by atoms with E-state index in [0.717, 1.165) is 37.3 Å². The molecule has 0 N–H and O–H groups in total. The fourth-order valence-corrected chi connectivity index (χ4v) is 4.32. The zero-order chi connectivity index (χ0) is 18.1. The van der Waals surface area contributed by atoms with Gasteiger partial charge >= 0.3 is 0 Å². The lowest BCUT2D eigenvalue weighted by Gasteiger charge is -2.09. The van der Waals surface area contributed by atoms with E-state index < -0.39 is 11.6 Å². The van der Waals surface area contributed by atoms with Gasteiger partial charge in [-0.3, -0.25) is 0 Å². The molecular weight excluding hydrogens is 354 g/mol. The first-order valence-electron chi connectivity index (χ1n) is 8.29. The number of aliphatic imine (C=N–C) groups is 1. The minimum Gasteiger partial charge on any atom is -0.455 e. The molecule has 26 heavy (non-hydrogen) atoms. The Labute approximate surface area is 153 Å². The molecule has 6 heteroatoms. The van der Waals surface area contributed by atoms with E-state index in [0.29, 0.717) is 22.1 Å². The number of halogens is 2. The number of hydrogen-bond donors (Lipinski definition) is 0. The van der Waals surface area contributed by atoms with Crippen molar-refractivity contribution in [3.8, 4) is 17.4 Å². The molecular formula is C20H14F2N2OS. The minimum absolute atomic E-state index is 0.190. The summed E-state index contributed by atoms with van der Waals surface area (Å²) < 4.78 is 32.5. The fraction of sp³-hybridized carbons (Fsp3) is 0.200. The number of rotatable bonds is 3. The maximum Gasteiger partial charge on any atom is 0.145 e. The number of nitriles is 1. The number of fused-ring (bicyclic) bond motifs is 1. The molecule has 0 saturated heterocycles. The van der Waals surface area contributed by atoms with Crippen molar-refractivity contribution in [1.29, 1.82) is 5.26 Å². The molecule has 1 aliphatic rings. The molecule has 1 aromatic carbocycles. The van der Waals surface area contributed by atoms with Gasteiger partial charge in [-0.1, -0.05) is 0 Å². The van der Waals surface area contributed by atoms with E-state index in [9.17, 15) is 14.0 Å². The lowest BCUT2D eigenvalue weighted by molar-refractivity contribution is 0.556. The Bertz CT molecular complexity index is 1040. The van der Waals surface area contributed by atoms with Crippen LogP contribution in [0, 0.1) is 23.0 Å². The van der Waals surface area contributed by atoms with Crippen molar-refractivity contribution >= 4 is 22.6 Å². The first-order chi connectivity index (χ1) is 12.7. The summed E-state index contributed by atoms with van der Waals surface area (Å²) in [4.78, 5) is 5.66. The molecule has 0 bridgehead atoms. The van der Waals surface area contributed by atoms with E-state index >= 15 is 0 Å². The molecule has 130 valence electrons. The van der Waals surface area contributed by atoms with Crippen molar-refractivity contribution in [1.82, 2.24) is 0 Å². The zero-order valence-corrected chi connectivity index (χ0v) is 14.6. The molecule has 3 aromatic rings. The van der Waals surface area contributed by atoms with Gasteiger partial charge in [0, 0.05) is 10.9 Å². The Morgan fingerprint density at radius 2 is 2.00 bits per heavy atom. The number of hydrogen-bond acceptors (Lipinski definition) is 4. The summed E-state index contributed by atoms with van der Waals surface area (Å²) in [5, 5.41) is 10.1. The Kier molecular flexibility index (Phi) is 4.39. The Morgan fingerprint density at radius 1 is 1.15 bits per heavy atom. The van der Waals surface area contributed by atoms with Gasteiger partial charge in [0.15, 0.2) is 0 Å². The molecule has 2 heterocycles. The molecule has 4 rings (SSSR count). The number of furan rings is 1. The third kappa shape index (κ3) is 3.06. The minimum atomic E-state index is -0.680. The number of benzene rings is 1. The smallest absolute Gasteiger partial charge is 0.145 e. The normalized spacial score (nSPS) is 13.7. The van der Waals surface area contributed by atoms with Gasteiger partial charge in [-0.25, -0.2) is 13.8 Å². The van der Waals surface area contributed by atoms with Crippen molar-refractivity contribution in [2.24, 2.45) is 4.99 Å². The Morgan fingerprint density at radius 3 is 2.81 bits per heavy atom. The second-order valence-electron chi connectivity index (χ2n) is 6.09. The summed E-state index contributed by atoms with van der Waals surface area (Å²) in [5.74, 6) is -0.570. The van der Waals surface area contributed by atoms with Crippen molar-refractivity contribution < 1.29 is 13.2 Å². The van der Waals surface area contributed by atoms with E-state index in [1.165, 1.54) is 23.2 Å².